The number of pyridine rings is 1. The first kappa shape index (κ1) is 19.4. The standard InChI is InChI=1S/C22H26N4O3/c27-21-6-3-9-26(21)16-19-5-2-1-4-17(19)14-23-20-8-7-18(15-24-20)22(28)25-10-12-29-13-11-25/h1-2,4-5,7-8,15H,3,6,9-14,16H2,(H,23,24). The molecular formula is C22H26N4O3. The fraction of sp³-hybridized carbons (Fsp3) is 0.409. The van der Waals surface area contributed by atoms with Crippen molar-refractivity contribution in [3.63, 3.8) is 0 Å². The second-order valence-electron chi connectivity index (χ2n) is 7.38. The number of carbonyl (C=O) groups is 2. The van der Waals surface area contributed by atoms with Crippen molar-refractivity contribution in [1.82, 2.24) is 14.8 Å². The van der Waals surface area contributed by atoms with E-state index in [-0.39, 0.29) is 11.8 Å². The number of anilines is 1. The molecule has 2 aromatic rings. The molecule has 2 aliphatic rings. The Hall–Kier alpha value is -2.93. The number of aromatic nitrogens is 1. The molecule has 7 nitrogen and oxygen atoms in total. The van der Waals surface area contributed by atoms with E-state index in [0.717, 1.165) is 29.9 Å². The van der Waals surface area contributed by atoms with E-state index >= 15 is 0 Å². The molecule has 4 rings (SSSR count). The minimum atomic E-state index is -0.00650. The number of carbonyl (C=O) groups excluding carboxylic acids is 2. The molecular weight excluding hydrogens is 368 g/mol. The van der Waals surface area contributed by atoms with Crippen LogP contribution in [0, 0.1) is 0 Å². The molecule has 3 heterocycles. The first-order valence-electron chi connectivity index (χ1n) is 10.1. The molecule has 7 heteroatoms. The average molecular weight is 394 g/mol. The van der Waals surface area contributed by atoms with Crippen molar-refractivity contribution in [3.05, 3.63) is 59.3 Å². The summed E-state index contributed by atoms with van der Waals surface area (Å²) in [5.74, 6) is 0.943. The molecule has 0 saturated carbocycles. The Morgan fingerprint density at radius 2 is 1.86 bits per heavy atom. The number of morpholine rings is 1. The summed E-state index contributed by atoms with van der Waals surface area (Å²) in [5, 5.41) is 3.32. The minimum absolute atomic E-state index is 0.00650. The highest BCUT2D eigenvalue weighted by atomic mass is 16.5. The van der Waals surface area contributed by atoms with Gasteiger partial charge in [-0.05, 0) is 29.7 Å². The molecule has 0 atom stereocenters. The maximum Gasteiger partial charge on any atom is 0.255 e. The normalized spacial score (nSPS) is 16.9. The Labute approximate surface area is 170 Å². The van der Waals surface area contributed by atoms with E-state index in [4.69, 9.17) is 4.74 Å². The lowest BCUT2D eigenvalue weighted by Crippen LogP contribution is -2.40. The van der Waals surface area contributed by atoms with Crippen LogP contribution in [0.2, 0.25) is 0 Å². The van der Waals surface area contributed by atoms with E-state index in [0.29, 0.717) is 51.4 Å². The summed E-state index contributed by atoms with van der Waals surface area (Å²) < 4.78 is 5.29. The van der Waals surface area contributed by atoms with E-state index in [1.54, 1.807) is 11.1 Å². The lowest BCUT2D eigenvalue weighted by Gasteiger charge is -2.26. The zero-order valence-corrected chi connectivity index (χ0v) is 16.5. The number of benzene rings is 1. The lowest BCUT2D eigenvalue weighted by molar-refractivity contribution is -0.128. The van der Waals surface area contributed by atoms with Crippen LogP contribution in [0.4, 0.5) is 5.82 Å². The van der Waals surface area contributed by atoms with Crippen molar-refractivity contribution in [3.8, 4) is 0 Å². The van der Waals surface area contributed by atoms with E-state index in [1.807, 2.05) is 29.2 Å². The van der Waals surface area contributed by atoms with Crippen molar-refractivity contribution < 1.29 is 14.3 Å². The van der Waals surface area contributed by atoms with Gasteiger partial charge in [0.05, 0.1) is 18.8 Å². The molecule has 0 radical (unpaired) electrons. The van der Waals surface area contributed by atoms with Crippen molar-refractivity contribution in [2.75, 3.05) is 38.2 Å². The number of nitrogens with one attached hydrogen (secondary N) is 1. The average Bonchev–Trinajstić information content (AvgIpc) is 3.18. The zero-order valence-electron chi connectivity index (χ0n) is 16.5. The van der Waals surface area contributed by atoms with Crippen LogP contribution in [0.3, 0.4) is 0 Å². The summed E-state index contributed by atoms with van der Waals surface area (Å²) in [6, 6.07) is 11.8. The van der Waals surface area contributed by atoms with E-state index in [2.05, 4.69) is 22.4 Å². The third kappa shape index (κ3) is 4.74. The molecule has 2 fully saturated rings. The predicted molar refractivity (Wildman–Crippen MR) is 109 cm³/mol. The third-order valence-corrected chi connectivity index (χ3v) is 5.42. The van der Waals surface area contributed by atoms with Gasteiger partial charge in [0.25, 0.3) is 5.91 Å². The molecule has 1 aromatic carbocycles. The maximum absolute atomic E-state index is 12.5. The van der Waals surface area contributed by atoms with Crippen molar-refractivity contribution >= 4 is 17.6 Å². The topological polar surface area (TPSA) is 74.8 Å². The lowest BCUT2D eigenvalue weighted by atomic mass is 10.1. The molecule has 1 N–H and O–H groups in total. The van der Waals surface area contributed by atoms with Gasteiger partial charge in [0.15, 0.2) is 0 Å². The van der Waals surface area contributed by atoms with Gasteiger partial charge in [0, 0.05) is 45.3 Å². The smallest absolute Gasteiger partial charge is 0.255 e. The van der Waals surface area contributed by atoms with Gasteiger partial charge in [-0.15, -0.1) is 0 Å². The second-order valence-corrected chi connectivity index (χ2v) is 7.38. The summed E-state index contributed by atoms with van der Waals surface area (Å²) in [5.41, 5.74) is 2.88. The molecule has 2 aliphatic heterocycles. The summed E-state index contributed by atoms with van der Waals surface area (Å²) >= 11 is 0. The number of hydrogen-bond acceptors (Lipinski definition) is 5. The SMILES string of the molecule is O=C1CCCN1Cc1ccccc1CNc1ccc(C(=O)N2CCOCC2)cn1. The van der Waals surface area contributed by atoms with Gasteiger partial charge in [-0.25, -0.2) is 4.98 Å². The van der Waals surface area contributed by atoms with Gasteiger partial charge in [-0.2, -0.15) is 0 Å². The van der Waals surface area contributed by atoms with Gasteiger partial charge in [0.1, 0.15) is 5.82 Å². The Bertz CT molecular complexity index is 863. The predicted octanol–water partition coefficient (Wildman–Crippen LogP) is 2.29. The Morgan fingerprint density at radius 3 is 2.55 bits per heavy atom. The minimum Gasteiger partial charge on any atom is -0.378 e. The summed E-state index contributed by atoms with van der Waals surface area (Å²) in [7, 11) is 0. The Kier molecular flexibility index (Phi) is 6.05. The molecule has 152 valence electrons. The van der Waals surface area contributed by atoms with Crippen LogP contribution in [0.15, 0.2) is 42.6 Å². The highest BCUT2D eigenvalue weighted by Gasteiger charge is 2.21. The van der Waals surface area contributed by atoms with Gasteiger partial charge >= 0.3 is 0 Å². The number of likely N-dealkylation sites (tertiary alicyclic amines) is 1. The zero-order chi connectivity index (χ0) is 20.1. The maximum atomic E-state index is 12.5. The largest absolute Gasteiger partial charge is 0.378 e. The molecule has 1 aromatic heterocycles. The number of ether oxygens (including phenoxy) is 1. The van der Waals surface area contributed by atoms with Gasteiger partial charge in [-0.1, -0.05) is 24.3 Å². The number of hydrogen-bond donors (Lipinski definition) is 1. The Balaban J connectivity index is 1.37. The summed E-state index contributed by atoms with van der Waals surface area (Å²) in [6.07, 6.45) is 3.22. The van der Waals surface area contributed by atoms with Crippen molar-refractivity contribution in [2.45, 2.75) is 25.9 Å². The number of amides is 2. The summed E-state index contributed by atoms with van der Waals surface area (Å²) in [6.45, 7) is 4.51. The van der Waals surface area contributed by atoms with Crippen LogP contribution >= 0.6 is 0 Å². The van der Waals surface area contributed by atoms with Crippen LogP contribution in [-0.2, 0) is 22.6 Å². The van der Waals surface area contributed by atoms with Gasteiger partial charge in [-0.3, -0.25) is 9.59 Å². The van der Waals surface area contributed by atoms with Crippen LogP contribution < -0.4 is 5.32 Å². The third-order valence-electron chi connectivity index (χ3n) is 5.42. The molecule has 0 aliphatic carbocycles. The van der Waals surface area contributed by atoms with Crippen LogP contribution in [0.25, 0.3) is 0 Å². The molecule has 0 unspecified atom stereocenters. The summed E-state index contributed by atoms with van der Waals surface area (Å²) in [4.78, 5) is 32.6. The highest BCUT2D eigenvalue weighted by Crippen LogP contribution is 2.18. The molecule has 2 saturated heterocycles. The fourth-order valence-electron chi connectivity index (χ4n) is 3.72. The number of nitrogens with zero attached hydrogens (tertiary/aromatic N) is 3. The first-order chi connectivity index (χ1) is 14.2. The highest BCUT2D eigenvalue weighted by molar-refractivity contribution is 5.94. The van der Waals surface area contributed by atoms with E-state index in [9.17, 15) is 9.59 Å². The molecule has 2 amide bonds. The quantitative estimate of drug-likeness (QED) is 0.814. The Morgan fingerprint density at radius 1 is 1.07 bits per heavy atom. The fourth-order valence-corrected chi connectivity index (χ4v) is 3.72. The number of rotatable bonds is 6. The molecule has 29 heavy (non-hydrogen) atoms. The van der Waals surface area contributed by atoms with Gasteiger partial charge < -0.3 is 19.9 Å². The molecule has 0 spiro atoms. The van der Waals surface area contributed by atoms with E-state index < -0.39 is 0 Å². The van der Waals surface area contributed by atoms with Crippen LogP contribution in [0.1, 0.15) is 34.3 Å². The van der Waals surface area contributed by atoms with Crippen molar-refractivity contribution in [1.29, 1.82) is 0 Å². The second kappa shape index (κ2) is 9.05. The monoisotopic (exact) mass is 394 g/mol. The molecule has 0 bridgehead atoms. The van der Waals surface area contributed by atoms with Crippen LogP contribution in [-0.4, -0.2) is 59.4 Å². The van der Waals surface area contributed by atoms with Crippen molar-refractivity contribution in [2.24, 2.45) is 0 Å². The van der Waals surface area contributed by atoms with Crippen LogP contribution in [0.5, 0.6) is 0 Å². The van der Waals surface area contributed by atoms with Gasteiger partial charge in [0.2, 0.25) is 5.91 Å². The first-order valence-corrected chi connectivity index (χ1v) is 10.1. The van der Waals surface area contributed by atoms with E-state index in [1.165, 1.54) is 0 Å².